The van der Waals surface area contributed by atoms with Gasteiger partial charge in [-0.25, -0.2) is 4.79 Å². The number of Topliss-reactive ketones (excluding diaryl/α,β-unsaturated/α-hetero) is 1. The Balaban J connectivity index is 1.70. The van der Waals surface area contributed by atoms with Gasteiger partial charge in [0, 0.05) is 22.8 Å². The molecule has 12 heteroatoms. The molecule has 2 atom stereocenters. The first-order chi connectivity index (χ1) is 23.3. The molecule has 1 aliphatic rings. The Morgan fingerprint density at radius 2 is 1.88 bits per heavy atom. The highest BCUT2D eigenvalue weighted by molar-refractivity contribution is 7.81. The number of allylic oxidation sites excluding steroid dienone is 2. The molecule has 0 unspecified atom stereocenters. The monoisotopic (exact) mass is 696 g/mol. The maximum atomic E-state index is 14.0. The first-order valence-corrected chi connectivity index (χ1v) is 15.9. The molecule has 0 fully saturated rings. The van der Waals surface area contributed by atoms with Crippen LogP contribution in [0, 0.1) is 0 Å². The molecule has 1 heterocycles. The molecule has 0 saturated carbocycles. The molecule has 1 aliphatic carbocycles. The number of ether oxygens (including phenoxy) is 2. The summed E-state index contributed by atoms with van der Waals surface area (Å²) >= 11 is 5.21. The Hall–Kier alpha value is -4.81. The second-order valence-corrected chi connectivity index (χ2v) is 11.7. The number of aromatic hydroxyl groups is 1. The van der Waals surface area contributed by atoms with Crippen molar-refractivity contribution in [3.63, 3.8) is 0 Å². The lowest BCUT2D eigenvalue weighted by Crippen LogP contribution is -2.45. The van der Waals surface area contributed by atoms with Gasteiger partial charge >= 0.3 is 12.1 Å². The van der Waals surface area contributed by atoms with Gasteiger partial charge in [-0.15, -0.1) is 0 Å². The van der Waals surface area contributed by atoms with Gasteiger partial charge in [-0.2, -0.15) is 13.2 Å². The molecule has 2 N–H and O–H groups in total. The Kier molecular flexibility index (Phi) is 12.1. The molecule has 3 aromatic rings. The third-order valence-electron chi connectivity index (χ3n) is 7.87. The summed E-state index contributed by atoms with van der Waals surface area (Å²) in [4.78, 5) is 39.1. The number of aliphatic hydroxyl groups is 1. The smallest absolute Gasteiger partial charge is 0.416 e. The molecule has 0 spiro atoms. The molecule has 1 aromatic heterocycles. The number of carbonyl (C=O) groups is 2. The summed E-state index contributed by atoms with van der Waals surface area (Å²) in [5, 5.41) is 22.2. The Labute approximate surface area is 285 Å². The first kappa shape index (κ1) is 37.0. The number of benzene rings is 2. The van der Waals surface area contributed by atoms with E-state index in [2.05, 4.69) is 0 Å². The van der Waals surface area contributed by atoms with E-state index in [-0.39, 0.29) is 46.3 Å². The Morgan fingerprint density at radius 3 is 2.55 bits per heavy atom. The lowest BCUT2D eigenvalue weighted by molar-refractivity contribution is -0.139. The predicted molar refractivity (Wildman–Crippen MR) is 181 cm³/mol. The topological polar surface area (TPSA) is 123 Å². The first-order valence-electron chi connectivity index (χ1n) is 15.5. The minimum absolute atomic E-state index is 0.00422. The minimum atomic E-state index is -4.82. The number of hydrogen-bond acceptors (Lipinski definition) is 9. The van der Waals surface area contributed by atoms with Crippen molar-refractivity contribution in [2.75, 3.05) is 13.7 Å². The van der Waals surface area contributed by atoms with Crippen LogP contribution >= 0.6 is 12.2 Å². The zero-order valence-corrected chi connectivity index (χ0v) is 27.8. The van der Waals surface area contributed by atoms with Gasteiger partial charge in [0.15, 0.2) is 11.2 Å². The SMILES string of the molecule is CCCc1c(OCC/C=C\C=C\[C@H](c2c(C(=O)OC)oc3c(c2=O)=CCC(=S)C=3)[C@H](O)c2ccccc2C(F)(F)F)ccc(C(C)=O)c1O. The van der Waals surface area contributed by atoms with Crippen molar-refractivity contribution in [1.29, 1.82) is 0 Å². The van der Waals surface area contributed by atoms with E-state index < -0.39 is 46.5 Å². The normalized spacial score (nSPS) is 14.2. The van der Waals surface area contributed by atoms with E-state index in [0.717, 1.165) is 19.2 Å². The summed E-state index contributed by atoms with van der Waals surface area (Å²) in [5.74, 6) is -3.07. The van der Waals surface area contributed by atoms with Gasteiger partial charge in [0.05, 0.1) is 41.7 Å². The zero-order valence-electron chi connectivity index (χ0n) is 27.0. The van der Waals surface area contributed by atoms with Crippen LogP contribution < -0.4 is 20.8 Å². The number of aliphatic hydroxyl groups excluding tert-OH is 1. The van der Waals surface area contributed by atoms with Crippen LogP contribution in [0.25, 0.3) is 12.2 Å². The summed E-state index contributed by atoms with van der Waals surface area (Å²) in [6.07, 6.45) is 3.94. The standard InChI is InChI=1S/C37H35F3O8S/c1-4-11-25-29(18-17-23(21(2)41)32(25)42)47-19-10-6-5-7-13-27(33(43)24-12-8-9-14-28(24)37(38,39)40)31-34(44)26-16-15-22(49)20-30(26)48-35(31)36(45)46-3/h5-9,12-14,16-18,20,27,33,42-43H,4,10-11,15,19H2,1-3H3/b6-5-,13-7+/t27-,33-/m1/s1. The second-order valence-electron chi connectivity index (χ2n) is 11.2. The molecule has 258 valence electrons. The van der Waals surface area contributed by atoms with Crippen LogP contribution in [0.5, 0.6) is 11.5 Å². The lowest BCUT2D eigenvalue weighted by atomic mass is 9.85. The van der Waals surface area contributed by atoms with Crippen molar-refractivity contribution >= 4 is 41.0 Å². The Bertz CT molecular complexity index is 1990. The molecule has 0 amide bonds. The highest BCUT2D eigenvalue weighted by Crippen LogP contribution is 2.40. The minimum Gasteiger partial charge on any atom is -0.507 e. The van der Waals surface area contributed by atoms with Crippen LogP contribution in [-0.2, 0) is 17.3 Å². The lowest BCUT2D eigenvalue weighted by Gasteiger charge is -2.24. The third-order valence-corrected chi connectivity index (χ3v) is 8.15. The second kappa shape index (κ2) is 16.1. The number of halogens is 3. The number of alkyl halides is 3. The largest absolute Gasteiger partial charge is 0.507 e. The van der Waals surface area contributed by atoms with Crippen molar-refractivity contribution in [3.05, 3.63) is 115 Å². The molecule has 2 aromatic carbocycles. The molecule has 0 radical (unpaired) electrons. The molecular weight excluding hydrogens is 661 g/mol. The van der Waals surface area contributed by atoms with Gasteiger partial charge in [-0.05, 0) is 49.6 Å². The van der Waals surface area contributed by atoms with Crippen molar-refractivity contribution < 1.29 is 46.9 Å². The van der Waals surface area contributed by atoms with Gasteiger partial charge in [-0.1, -0.05) is 74.1 Å². The summed E-state index contributed by atoms with van der Waals surface area (Å²) in [7, 11) is 1.06. The predicted octanol–water partition coefficient (Wildman–Crippen LogP) is 6.04. The Morgan fingerprint density at radius 1 is 1.14 bits per heavy atom. The van der Waals surface area contributed by atoms with Gasteiger partial charge in [0.25, 0.3) is 0 Å². The maximum absolute atomic E-state index is 14.0. The molecular formula is C37H35F3O8S. The average molecular weight is 697 g/mol. The number of phenols is 1. The van der Waals surface area contributed by atoms with E-state index in [1.165, 1.54) is 49.4 Å². The van der Waals surface area contributed by atoms with E-state index in [1.807, 2.05) is 6.92 Å². The molecule has 8 nitrogen and oxygen atoms in total. The van der Waals surface area contributed by atoms with Crippen molar-refractivity contribution in [1.82, 2.24) is 0 Å². The fourth-order valence-electron chi connectivity index (χ4n) is 5.53. The molecule has 4 rings (SSSR count). The van der Waals surface area contributed by atoms with E-state index in [0.29, 0.717) is 35.4 Å². The van der Waals surface area contributed by atoms with E-state index in [1.54, 1.807) is 18.2 Å². The van der Waals surface area contributed by atoms with Crippen LogP contribution in [0.4, 0.5) is 13.2 Å². The molecule has 0 aliphatic heterocycles. The van der Waals surface area contributed by atoms with Crippen LogP contribution in [0.1, 0.15) is 88.3 Å². The number of thiocarbonyl (C=S) groups is 1. The number of hydrogen-bond donors (Lipinski definition) is 2. The van der Waals surface area contributed by atoms with E-state index in [9.17, 15) is 37.8 Å². The van der Waals surface area contributed by atoms with Crippen molar-refractivity contribution in [2.24, 2.45) is 0 Å². The number of phenolic OH excluding ortho intramolecular Hbond substituents is 1. The van der Waals surface area contributed by atoms with Gasteiger partial charge in [-0.3, -0.25) is 9.59 Å². The van der Waals surface area contributed by atoms with Gasteiger partial charge < -0.3 is 24.1 Å². The highest BCUT2D eigenvalue weighted by atomic mass is 32.1. The van der Waals surface area contributed by atoms with Gasteiger partial charge in [0.1, 0.15) is 16.9 Å². The third kappa shape index (κ3) is 8.44. The number of rotatable bonds is 13. The summed E-state index contributed by atoms with van der Waals surface area (Å²) in [5.41, 5.74) is -1.98. The summed E-state index contributed by atoms with van der Waals surface area (Å²) in [6, 6.07) is 7.55. The molecule has 0 bridgehead atoms. The summed E-state index contributed by atoms with van der Waals surface area (Å²) in [6.45, 7) is 3.47. The van der Waals surface area contributed by atoms with Crippen molar-refractivity contribution in [3.8, 4) is 11.5 Å². The maximum Gasteiger partial charge on any atom is 0.416 e. The fourth-order valence-corrected chi connectivity index (χ4v) is 5.72. The number of fused-ring (bicyclic) bond motifs is 1. The molecule has 0 saturated heterocycles. The quantitative estimate of drug-likeness (QED) is 0.0724. The number of carbonyl (C=O) groups excluding carboxylic acids is 2. The highest BCUT2D eigenvalue weighted by Gasteiger charge is 2.38. The van der Waals surface area contributed by atoms with Crippen LogP contribution in [0.15, 0.2) is 69.9 Å². The average Bonchev–Trinajstić information content (AvgIpc) is 3.06. The summed E-state index contributed by atoms with van der Waals surface area (Å²) < 4.78 is 58.5. The van der Waals surface area contributed by atoms with Crippen LogP contribution in [0.3, 0.4) is 0 Å². The van der Waals surface area contributed by atoms with Crippen LogP contribution in [-0.4, -0.2) is 40.5 Å². The number of ketones is 1. The molecule has 49 heavy (non-hydrogen) atoms. The van der Waals surface area contributed by atoms with Gasteiger partial charge in [0.2, 0.25) is 5.76 Å². The fraction of sp³-hybridized carbons (Fsp3) is 0.297. The van der Waals surface area contributed by atoms with E-state index >= 15 is 0 Å². The number of esters is 1. The van der Waals surface area contributed by atoms with Crippen molar-refractivity contribution in [2.45, 2.75) is 57.7 Å². The van der Waals surface area contributed by atoms with E-state index in [4.69, 9.17) is 26.1 Å². The number of methoxy groups -OCH3 is 1. The zero-order chi connectivity index (χ0) is 35.9. The van der Waals surface area contributed by atoms with Crippen LogP contribution in [0.2, 0.25) is 0 Å².